The van der Waals surface area contributed by atoms with Crippen LogP contribution in [0.2, 0.25) is 0 Å². The van der Waals surface area contributed by atoms with Crippen LogP contribution in [-0.4, -0.2) is 84.7 Å². The molecule has 1 aromatic carbocycles. The summed E-state index contributed by atoms with van der Waals surface area (Å²) in [6.45, 7) is 7.63. The molecule has 11 heteroatoms. The first-order valence-corrected chi connectivity index (χ1v) is 14.1. The summed E-state index contributed by atoms with van der Waals surface area (Å²) >= 11 is 0. The topological polar surface area (TPSA) is 143 Å². The van der Waals surface area contributed by atoms with Crippen LogP contribution in [0.4, 0.5) is 17.8 Å². The molecule has 0 radical (unpaired) electrons. The molecule has 5 N–H and O–H groups in total. The van der Waals surface area contributed by atoms with Crippen molar-refractivity contribution in [1.29, 1.82) is 0 Å². The Labute approximate surface area is 231 Å². The fraction of sp³-hybridized carbons (Fsp3) is 0.643. The fourth-order valence-corrected chi connectivity index (χ4v) is 4.30. The summed E-state index contributed by atoms with van der Waals surface area (Å²) in [4.78, 5) is 25.6. The third-order valence-corrected chi connectivity index (χ3v) is 6.69. The number of nitrogens with zero attached hydrogens (tertiary/aromatic N) is 3. The number of hydrogen-bond acceptors (Lipinski definition) is 10. The zero-order valence-corrected chi connectivity index (χ0v) is 23.3. The van der Waals surface area contributed by atoms with E-state index in [1.54, 1.807) is 12.1 Å². The number of rotatable bonds is 18. The maximum Gasteiger partial charge on any atom is 0.251 e. The van der Waals surface area contributed by atoms with Crippen molar-refractivity contribution in [2.24, 2.45) is 11.8 Å². The summed E-state index contributed by atoms with van der Waals surface area (Å²) in [5.74, 6) is 2.15. The van der Waals surface area contributed by atoms with E-state index in [4.69, 9.17) is 9.47 Å². The quantitative estimate of drug-likeness (QED) is 0.178. The van der Waals surface area contributed by atoms with Gasteiger partial charge in [-0.2, -0.15) is 15.0 Å². The van der Waals surface area contributed by atoms with Crippen LogP contribution in [0.1, 0.15) is 56.3 Å². The summed E-state index contributed by atoms with van der Waals surface area (Å²) in [6, 6.07) is 8.95. The van der Waals surface area contributed by atoms with E-state index >= 15 is 0 Å². The van der Waals surface area contributed by atoms with Crippen LogP contribution in [0, 0.1) is 11.8 Å². The Hall–Kier alpha value is -3.02. The highest BCUT2D eigenvalue weighted by atomic mass is 16.5. The van der Waals surface area contributed by atoms with Crippen molar-refractivity contribution in [2.75, 3.05) is 68.6 Å². The molecule has 1 atom stereocenters. The van der Waals surface area contributed by atoms with Crippen LogP contribution >= 0.6 is 0 Å². The highest BCUT2D eigenvalue weighted by Crippen LogP contribution is 2.24. The summed E-state index contributed by atoms with van der Waals surface area (Å²) in [5, 5.41) is 22.4. The minimum absolute atomic E-state index is 0.00768. The average Bonchev–Trinajstić information content (AvgIpc) is 2.96. The molecule has 1 aliphatic carbocycles. The lowest BCUT2D eigenvalue weighted by molar-refractivity contribution is 0.0519. The molecule has 0 bridgehead atoms. The van der Waals surface area contributed by atoms with Gasteiger partial charge in [0.25, 0.3) is 5.91 Å². The van der Waals surface area contributed by atoms with Gasteiger partial charge in [-0.25, -0.2) is 0 Å². The first-order valence-electron chi connectivity index (χ1n) is 14.1. The standard InChI is InChI=1S/C28H45N7O4/c1-21(2)24(20-36)32-28-34-26(33-27(35-28)31-19-22-9-5-3-6-10-22)30-14-16-39-18-17-38-15-13-29-25(37)23-11-7-4-8-12-23/h4,7-8,11-12,21-22,24,36H,3,5-6,9-10,13-20H2,1-2H3,(H,29,37)(H3,30,31,32,33,34,35)/t24-/m0/s1. The monoisotopic (exact) mass is 543 g/mol. The molecule has 1 aromatic heterocycles. The molecule has 1 fully saturated rings. The Balaban J connectivity index is 1.36. The number of aromatic nitrogens is 3. The largest absolute Gasteiger partial charge is 0.394 e. The van der Waals surface area contributed by atoms with Crippen molar-refractivity contribution in [1.82, 2.24) is 20.3 Å². The highest BCUT2D eigenvalue weighted by molar-refractivity contribution is 5.94. The smallest absolute Gasteiger partial charge is 0.251 e. The van der Waals surface area contributed by atoms with Crippen LogP contribution in [-0.2, 0) is 9.47 Å². The Morgan fingerprint density at radius 1 is 0.897 bits per heavy atom. The molecule has 1 heterocycles. The van der Waals surface area contributed by atoms with Crippen LogP contribution in [0.5, 0.6) is 0 Å². The van der Waals surface area contributed by atoms with Gasteiger partial charge in [0.1, 0.15) is 0 Å². The molecule has 0 saturated heterocycles. The molecule has 0 spiro atoms. The molecule has 1 aliphatic rings. The maximum atomic E-state index is 12.0. The Morgan fingerprint density at radius 3 is 2.21 bits per heavy atom. The second kappa shape index (κ2) is 17.5. The van der Waals surface area contributed by atoms with Gasteiger partial charge in [0.2, 0.25) is 17.8 Å². The lowest BCUT2D eigenvalue weighted by atomic mass is 9.89. The minimum Gasteiger partial charge on any atom is -0.394 e. The lowest BCUT2D eigenvalue weighted by Gasteiger charge is -2.22. The Morgan fingerprint density at radius 2 is 1.54 bits per heavy atom. The van der Waals surface area contributed by atoms with Crippen LogP contribution in [0.25, 0.3) is 0 Å². The van der Waals surface area contributed by atoms with Gasteiger partial charge in [-0.15, -0.1) is 0 Å². The highest BCUT2D eigenvalue weighted by Gasteiger charge is 2.17. The SMILES string of the molecule is CC(C)[C@H](CO)Nc1nc(NCCOCCOCCNC(=O)c2ccccc2)nc(NCC2CCCCC2)n1. The van der Waals surface area contributed by atoms with E-state index in [1.165, 1.54) is 32.1 Å². The number of carbonyl (C=O) groups excluding carboxylic acids is 1. The number of benzene rings is 1. The zero-order valence-electron chi connectivity index (χ0n) is 23.3. The molecule has 0 unspecified atom stereocenters. The van der Waals surface area contributed by atoms with Crippen molar-refractivity contribution in [3.8, 4) is 0 Å². The summed E-state index contributed by atoms with van der Waals surface area (Å²) in [6.07, 6.45) is 6.36. The summed E-state index contributed by atoms with van der Waals surface area (Å²) < 4.78 is 11.2. The van der Waals surface area contributed by atoms with Gasteiger partial charge in [-0.1, -0.05) is 51.3 Å². The molecule has 11 nitrogen and oxygen atoms in total. The van der Waals surface area contributed by atoms with Crippen LogP contribution in [0.3, 0.4) is 0 Å². The van der Waals surface area contributed by atoms with Gasteiger partial charge < -0.3 is 35.8 Å². The number of amides is 1. The normalized spacial score (nSPS) is 14.7. The molecule has 0 aliphatic heterocycles. The predicted molar refractivity (Wildman–Crippen MR) is 153 cm³/mol. The molecule has 1 amide bonds. The third kappa shape index (κ3) is 11.7. The van der Waals surface area contributed by atoms with Gasteiger partial charge in [-0.05, 0) is 36.8 Å². The molecule has 2 aromatic rings. The van der Waals surface area contributed by atoms with E-state index in [-0.39, 0.29) is 24.5 Å². The number of nitrogens with one attached hydrogen (secondary N) is 4. The van der Waals surface area contributed by atoms with Crippen LogP contribution in [0.15, 0.2) is 30.3 Å². The van der Waals surface area contributed by atoms with Crippen molar-refractivity contribution >= 4 is 23.8 Å². The molecule has 1 saturated carbocycles. The van der Waals surface area contributed by atoms with Crippen molar-refractivity contribution in [3.63, 3.8) is 0 Å². The molecular formula is C28H45N7O4. The van der Waals surface area contributed by atoms with Crippen molar-refractivity contribution < 1.29 is 19.4 Å². The van der Waals surface area contributed by atoms with Gasteiger partial charge in [0.05, 0.1) is 39.1 Å². The maximum absolute atomic E-state index is 12.0. The first kappa shape index (κ1) is 30.5. The van der Waals surface area contributed by atoms with E-state index in [9.17, 15) is 9.90 Å². The number of hydrogen-bond donors (Lipinski definition) is 5. The second-order valence-corrected chi connectivity index (χ2v) is 10.1. The number of anilines is 3. The number of ether oxygens (including phenoxy) is 2. The van der Waals surface area contributed by atoms with E-state index < -0.39 is 0 Å². The average molecular weight is 544 g/mol. The van der Waals surface area contributed by atoms with Crippen LogP contribution < -0.4 is 21.3 Å². The van der Waals surface area contributed by atoms with Gasteiger partial charge in [0, 0.05) is 25.2 Å². The Kier molecular flexibility index (Phi) is 13.7. The molecule has 216 valence electrons. The van der Waals surface area contributed by atoms with Gasteiger partial charge in [-0.3, -0.25) is 4.79 Å². The summed E-state index contributed by atoms with van der Waals surface area (Å²) in [7, 11) is 0. The molecule has 3 rings (SSSR count). The second-order valence-electron chi connectivity index (χ2n) is 10.1. The fourth-order valence-electron chi connectivity index (χ4n) is 4.30. The van der Waals surface area contributed by atoms with Crippen molar-refractivity contribution in [3.05, 3.63) is 35.9 Å². The predicted octanol–water partition coefficient (Wildman–Crippen LogP) is 3.17. The van der Waals surface area contributed by atoms with E-state index in [0.717, 1.165) is 6.54 Å². The minimum atomic E-state index is -0.151. The molecule has 39 heavy (non-hydrogen) atoms. The van der Waals surface area contributed by atoms with Crippen molar-refractivity contribution in [2.45, 2.75) is 52.0 Å². The summed E-state index contributed by atoms with van der Waals surface area (Å²) in [5.41, 5.74) is 0.634. The lowest BCUT2D eigenvalue weighted by Crippen LogP contribution is -2.31. The number of carbonyl (C=O) groups is 1. The Bertz CT molecular complexity index is 958. The number of aliphatic hydroxyl groups is 1. The van der Waals surface area contributed by atoms with Gasteiger partial charge >= 0.3 is 0 Å². The number of aliphatic hydroxyl groups excluding tert-OH is 1. The van der Waals surface area contributed by atoms with E-state index in [2.05, 4.69) is 36.2 Å². The zero-order chi connectivity index (χ0) is 27.7. The third-order valence-electron chi connectivity index (χ3n) is 6.69. The van der Waals surface area contributed by atoms with Gasteiger partial charge in [0.15, 0.2) is 0 Å². The van der Waals surface area contributed by atoms with E-state index in [1.807, 2.05) is 32.0 Å². The molecular weight excluding hydrogens is 498 g/mol. The first-order chi connectivity index (χ1) is 19.0. The van der Waals surface area contributed by atoms with E-state index in [0.29, 0.717) is 68.8 Å².